The summed E-state index contributed by atoms with van der Waals surface area (Å²) in [7, 11) is 0. The van der Waals surface area contributed by atoms with Gasteiger partial charge in [-0.3, -0.25) is 9.59 Å². The molecule has 0 saturated heterocycles. The third-order valence-corrected chi connectivity index (χ3v) is 4.64. The fourth-order valence-electron chi connectivity index (χ4n) is 3.21. The van der Waals surface area contributed by atoms with Crippen LogP contribution in [0.3, 0.4) is 0 Å². The molecule has 3 rings (SSSR count). The van der Waals surface area contributed by atoms with Gasteiger partial charge in [0, 0.05) is 19.5 Å². The number of amides is 2. The molecule has 0 radical (unpaired) electrons. The van der Waals surface area contributed by atoms with Gasteiger partial charge in [-0.05, 0) is 41.3 Å². The Hall–Kier alpha value is -2.95. The van der Waals surface area contributed by atoms with Crippen molar-refractivity contribution in [1.29, 1.82) is 0 Å². The van der Waals surface area contributed by atoms with Crippen molar-refractivity contribution in [2.45, 2.75) is 25.4 Å². The average molecular weight is 352 g/mol. The van der Waals surface area contributed by atoms with Crippen molar-refractivity contribution >= 4 is 11.8 Å². The van der Waals surface area contributed by atoms with E-state index in [2.05, 4.69) is 11.9 Å². The summed E-state index contributed by atoms with van der Waals surface area (Å²) in [6.45, 7) is 4.37. The standard InChI is InChI=1S/C21H21FN2O2/c1-2-20(25)24-14-17-6-4-3-5-16(17)13-19(24)21(26)23-12-11-15-7-9-18(22)10-8-15/h2-10,19H,1,11-14H2,(H,23,26). The highest BCUT2D eigenvalue weighted by Gasteiger charge is 2.33. The van der Waals surface area contributed by atoms with E-state index in [0.717, 1.165) is 16.7 Å². The molecule has 1 aliphatic heterocycles. The molecule has 2 aromatic rings. The summed E-state index contributed by atoms with van der Waals surface area (Å²) >= 11 is 0. The second-order valence-corrected chi connectivity index (χ2v) is 6.33. The van der Waals surface area contributed by atoms with Crippen molar-refractivity contribution in [1.82, 2.24) is 10.2 Å². The minimum atomic E-state index is -0.552. The summed E-state index contributed by atoms with van der Waals surface area (Å²) in [6.07, 6.45) is 2.33. The molecular formula is C21H21FN2O2. The van der Waals surface area contributed by atoms with Crippen LogP contribution in [-0.2, 0) is 29.0 Å². The van der Waals surface area contributed by atoms with E-state index in [-0.39, 0.29) is 17.6 Å². The van der Waals surface area contributed by atoms with Crippen molar-refractivity contribution in [2.24, 2.45) is 0 Å². The Labute approximate surface area is 152 Å². The Morgan fingerprint density at radius 3 is 2.54 bits per heavy atom. The van der Waals surface area contributed by atoms with Crippen LogP contribution in [-0.4, -0.2) is 29.3 Å². The maximum Gasteiger partial charge on any atom is 0.246 e. The summed E-state index contributed by atoms with van der Waals surface area (Å²) in [5, 5.41) is 2.89. The highest BCUT2D eigenvalue weighted by molar-refractivity contribution is 5.93. The number of hydrogen-bond acceptors (Lipinski definition) is 2. The molecule has 0 fully saturated rings. The van der Waals surface area contributed by atoms with E-state index in [9.17, 15) is 14.0 Å². The Kier molecular flexibility index (Phi) is 5.46. The van der Waals surface area contributed by atoms with E-state index >= 15 is 0 Å². The molecule has 0 aliphatic carbocycles. The van der Waals surface area contributed by atoms with E-state index < -0.39 is 6.04 Å². The molecular weight excluding hydrogens is 331 g/mol. The topological polar surface area (TPSA) is 49.4 Å². The number of halogens is 1. The number of fused-ring (bicyclic) bond motifs is 1. The Balaban J connectivity index is 1.66. The van der Waals surface area contributed by atoms with Gasteiger partial charge in [0.15, 0.2) is 0 Å². The molecule has 26 heavy (non-hydrogen) atoms. The van der Waals surface area contributed by atoms with Crippen LogP contribution in [0.5, 0.6) is 0 Å². The fraction of sp³-hybridized carbons (Fsp3) is 0.238. The minimum Gasteiger partial charge on any atom is -0.354 e. The number of benzene rings is 2. The predicted octanol–water partition coefficient (Wildman–Crippen LogP) is 2.62. The molecule has 1 aliphatic rings. The number of nitrogens with one attached hydrogen (secondary N) is 1. The Morgan fingerprint density at radius 2 is 1.85 bits per heavy atom. The lowest BCUT2D eigenvalue weighted by Gasteiger charge is -2.35. The fourth-order valence-corrected chi connectivity index (χ4v) is 3.21. The maximum atomic E-state index is 12.9. The molecule has 5 heteroatoms. The van der Waals surface area contributed by atoms with Crippen molar-refractivity contribution in [3.8, 4) is 0 Å². The first-order valence-electron chi connectivity index (χ1n) is 8.60. The quantitative estimate of drug-likeness (QED) is 0.841. The highest BCUT2D eigenvalue weighted by atomic mass is 19.1. The molecule has 0 bridgehead atoms. The predicted molar refractivity (Wildman–Crippen MR) is 97.8 cm³/mol. The molecule has 2 amide bonds. The maximum absolute atomic E-state index is 12.9. The van der Waals surface area contributed by atoms with E-state index in [0.29, 0.717) is 25.9 Å². The number of carbonyl (C=O) groups is 2. The van der Waals surface area contributed by atoms with Gasteiger partial charge < -0.3 is 10.2 Å². The smallest absolute Gasteiger partial charge is 0.246 e. The summed E-state index contributed by atoms with van der Waals surface area (Å²) < 4.78 is 12.9. The molecule has 0 saturated carbocycles. The van der Waals surface area contributed by atoms with E-state index in [1.807, 2.05) is 24.3 Å². The third kappa shape index (κ3) is 3.99. The molecule has 4 nitrogen and oxygen atoms in total. The van der Waals surface area contributed by atoms with Crippen LogP contribution >= 0.6 is 0 Å². The summed E-state index contributed by atoms with van der Waals surface area (Å²) in [4.78, 5) is 26.5. The average Bonchev–Trinajstić information content (AvgIpc) is 2.67. The van der Waals surface area contributed by atoms with Crippen molar-refractivity contribution in [2.75, 3.05) is 6.54 Å². The monoisotopic (exact) mass is 352 g/mol. The Bertz CT molecular complexity index is 817. The molecule has 1 atom stereocenters. The normalized spacial score (nSPS) is 15.9. The number of carbonyl (C=O) groups excluding carboxylic acids is 2. The molecule has 2 aromatic carbocycles. The first kappa shape index (κ1) is 17.9. The van der Waals surface area contributed by atoms with Crippen LogP contribution in [0.4, 0.5) is 4.39 Å². The lowest BCUT2D eigenvalue weighted by molar-refractivity contribution is -0.138. The molecule has 134 valence electrons. The van der Waals surface area contributed by atoms with Crippen LogP contribution in [0.15, 0.2) is 61.2 Å². The highest BCUT2D eigenvalue weighted by Crippen LogP contribution is 2.23. The third-order valence-electron chi connectivity index (χ3n) is 4.64. The summed E-state index contributed by atoms with van der Waals surface area (Å²) in [5.74, 6) is -0.716. The van der Waals surface area contributed by atoms with Crippen LogP contribution in [0.1, 0.15) is 16.7 Å². The van der Waals surface area contributed by atoms with Gasteiger partial charge in [-0.15, -0.1) is 0 Å². The van der Waals surface area contributed by atoms with Gasteiger partial charge in [-0.2, -0.15) is 0 Å². The van der Waals surface area contributed by atoms with Crippen LogP contribution < -0.4 is 5.32 Å². The summed E-state index contributed by atoms with van der Waals surface area (Å²) in [5.41, 5.74) is 3.08. The zero-order valence-electron chi connectivity index (χ0n) is 14.5. The van der Waals surface area contributed by atoms with Gasteiger partial charge >= 0.3 is 0 Å². The van der Waals surface area contributed by atoms with Gasteiger partial charge in [-0.25, -0.2) is 4.39 Å². The van der Waals surface area contributed by atoms with Crippen LogP contribution in [0.25, 0.3) is 0 Å². The van der Waals surface area contributed by atoms with Crippen LogP contribution in [0, 0.1) is 5.82 Å². The number of rotatable bonds is 5. The largest absolute Gasteiger partial charge is 0.354 e. The second-order valence-electron chi connectivity index (χ2n) is 6.33. The molecule has 0 aromatic heterocycles. The van der Waals surface area contributed by atoms with Gasteiger partial charge in [-0.1, -0.05) is 43.0 Å². The number of nitrogens with zero attached hydrogens (tertiary/aromatic N) is 1. The van der Waals surface area contributed by atoms with Crippen molar-refractivity contribution in [3.05, 3.63) is 83.7 Å². The lowest BCUT2D eigenvalue weighted by atomic mass is 9.93. The zero-order chi connectivity index (χ0) is 18.5. The van der Waals surface area contributed by atoms with Gasteiger partial charge in [0.05, 0.1) is 0 Å². The molecule has 0 spiro atoms. The second kappa shape index (κ2) is 7.95. The zero-order valence-corrected chi connectivity index (χ0v) is 14.5. The SMILES string of the molecule is C=CC(=O)N1Cc2ccccc2CC1C(=O)NCCc1ccc(F)cc1. The molecule has 1 unspecified atom stereocenters. The first-order chi connectivity index (χ1) is 12.6. The van der Waals surface area contributed by atoms with Crippen molar-refractivity contribution < 1.29 is 14.0 Å². The lowest BCUT2D eigenvalue weighted by Crippen LogP contribution is -2.52. The van der Waals surface area contributed by atoms with E-state index in [4.69, 9.17) is 0 Å². The van der Waals surface area contributed by atoms with E-state index in [1.54, 1.807) is 17.0 Å². The Morgan fingerprint density at radius 1 is 1.15 bits per heavy atom. The first-order valence-corrected chi connectivity index (χ1v) is 8.60. The number of hydrogen-bond donors (Lipinski definition) is 1. The van der Waals surface area contributed by atoms with E-state index in [1.165, 1.54) is 18.2 Å². The van der Waals surface area contributed by atoms with Crippen molar-refractivity contribution in [3.63, 3.8) is 0 Å². The summed E-state index contributed by atoms with van der Waals surface area (Å²) in [6, 6.07) is 13.5. The van der Waals surface area contributed by atoms with Gasteiger partial charge in [0.2, 0.25) is 11.8 Å². The van der Waals surface area contributed by atoms with Gasteiger partial charge in [0.25, 0.3) is 0 Å². The van der Waals surface area contributed by atoms with Gasteiger partial charge in [0.1, 0.15) is 11.9 Å². The molecule has 1 heterocycles. The minimum absolute atomic E-state index is 0.184. The molecule has 1 N–H and O–H groups in total. The van der Waals surface area contributed by atoms with Crippen LogP contribution in [0.2, 0.25) is 0 Å².